The van der Waals surface area contributed by atoms with E-state index in [1.165, 1.54) is 221 Å². The number of hydrogen-bond donors (Lipinski definition) is 0. The molecule has 0 fully saturated rings. The molecule has 20 aromatic carbocycles. The minimum atomic E-state index is -0.263. The summed E-state index contributed by atoms with van der Waals surface area (Å²) in [5, 5.41) is 10.4. The van der Waals surface area contributed by atoms with Crippen molar-refractivity contribution in [1.29, 1.82) is 0 Å². The first kappa shape index (κ1) is 85.1. The van der Waals surface area contributed by atoms with Crippen molar-refractivity contribution in [2.75, 3.05) is 0 Å². The molecule has 0 unspecified atom stereocenters. The quantitative estimate of drug-likeness (QED) is 0.173. The molecule has 0 N–H and O–H groups in total. The van der Waals surface area contributed by atoms with Crippen molar-refractivity contribution in [3.05, 3.63) is 562 Å². The van der Waals surface area contributed by atoms with Crippen LogP contribution in [0, 0.1) is 41.5 Å². The smallest absolute Gasteiger partial charge is 0.138 e. The number of rotatable bonds is 4. The zero-order chi connectivity index (χ0) is 92.3. The Kier molecular flexibility index (Phi) is 22.1. The highest BCUT2D eigenvalue weighted by molar-refractivity contribution is 6.12. The van der Waals surface area contributed by atoms with E-state index in [-0.39, 0.29) is 16.2 Å². The molecule has 1 spiro atoms. The molecule has 4 aromatic heterocycles. The third-order valence-electron chi connectivity index (χ3n) is 28.6. The first-order chi connectivity index (χ1) is 66.7. The van der Waals surface area contributed by atoms with Gasteiger partial charge in [0.05, 0.1) is 32.9 Å². The Morgan fingerprint density at radius 2 is 0.522 bits per heavy atom. The van der Waals surface area contributed by atoms with Crippen LogP contribution in [0.1, 0.15) is 103 Å². The fourth-order valence-corrected chi connectivity index (χ4v) is 22.5. The SMILES string of the molecule is Cc1ccc2c(c1)-c1ccccc1C2(C)C.Cc1ccc2c(c1)C(c1ccccc1)(c1ccccc1)c1ccccc1-2.Cc1ccc2c(c1)C1(c3ccccc3-c3ccccc31)c1ccccc1-2.Cc1ccc2c(c1)c1ccccc1n2-c1ccccc1.Cc1ccc2c3ccccc3n(-c3ccccc3)c2c1.Cc1cccc2c1oc1ccccc12.Cn1c2ccccc2c2ccccc21. The Morgan fingerprint density at radius 1 is 0.199 bits per heavy atom. The largest absolute Gasteiger partial charge is 0.456 e. The number of aromatic nitrogens is 3. The van der Waals surface area contributed by atoms with Crippen LogP contribution >= 0.6 is 0 Å². The fourth-order valence-electron chi connectivity index (χ4n) is 22.5. The van der Waals surface area contributed by atoms with Crippen LogP contribution in [0.2, 0.25) is 0 Å². The van der Waals surface area contributed by atoms with Crippen LogP contribution < -0.4 is 0 Å². The molecule has 4 aliphatic rings. The Bertz CT molecular complexity index is 8380. The third-order valence-corrected chi connectivity index (χ3v) is 28.6. The van der Waals surface area contributed by atoms with Gasteiger partial charge in [-0.15, -0.1) is 0 Å². The van der Waals surface area contributed by atoms with Crippen molar-refractivity contribution in [3.63, 3.8) is 0 Å². The molecular formula is C132H105N3O. The molecule has 0 atom stereocenters. The summed E-state index contributed by atoms with van der Waals surface area (Å²) in [4.78, 5) is 0. The number of furan rings is 1. The van der Waals surface area contributed by atoms with E-state index in [0.717, 1.165) is 11.2 Å². The molecule has 24 aromatic rings. The molecule has 4 heteroatoms. The van der Waals surface area contributed by atoms with Gasteiger partial charge in [0, 0.05) is 78.0 Å². The summed E-state index contributed by atoms with van der Waals surface area (Å²) in [6, 6.07) is 170. The number of nitrogens with zero attached hydrogens (tertiary/aromatic N) is 3. The van der Waals surface area contributed by atoms with Crippen molar-refractivity contribution in [1.82, 2.24) is 13.7 Å². The molecule has 136 heavy (non-hydrogen) atoms. The highest BCUT2D eigenvalue weighted by atomic mass is 16.3. The summed E-state index contributed by atoms with van der Waals surface area (Å²) in [5.74, 6) is 0. The molecule has 28 rings (SSSR count). The number of benzene rings is 20. The second-order valence-corrected chi connectivity index (χ2v) is 37.3. The van der Waals surface area contributed by atoms with Crippen LogP contribution in [-0.2, 0) is 23.3 Å². The molecule has 0 saturated carbocycles. The van der Waals surface area contributed by atoms with Crippen LogP contribution in [0.15, 0.2) is 478 Å². The van der Waals surface area contributed by atoms with Crippen LogP contribution in [-0.4, -0.2) is 13.7 Å². The normalized spacial score (nSPS) is 12.9. The molecule has 654 valence electrons. The molecule has 4 nitrogen and oxygen atoms in total. The molecule has 0 saturated heterocycles. The van der Waals surface area contributed by atoms with E-state index in [0.29, 0.717) is 0 Å². The van der Waals surface area contributed by atoms with E-state index in [9.17, 15) is 0 Å². The van der Waals surface area contributed by atoms with Gasteiger partial charge in [-0.25, -0.2) is 0 Å². The molecular weight excluding hydrogens is 1640 g/mol. The first-order valence-electron chi connectivity index (χ1n) is 47.5. The van der Waals surface area contributed by atoms with Gasteiger partial charge in [0.2, 0.25) is 0 Å². The van der Waals surface area contributed by atoms with Crippen LogP contribution in [0.4, 0.5) is 0 Å². The van der Waals surface area contributed by atoms with Gasteiger partial charge in [0.25, 0.3) is 0 Å². The van der Waals surface area contributed by atoms with E-state index in [4.69, 9.17) is 4.42 Å². The van der Waals surface area contributed by atoms with Crippen molar-refractivity contribution < 1.29 is 4.42 Å². The van der Waals surface area contributed by atoms with Gasteiger partial charge in [-0.1, -0.05) is 436 Å². The summed E-state index contributed by atoms with van der Waals surface area (Å²) in [7, 11) is 2.12. The van der Waals surface area contributed by atoms with Gasteiger partial charge in [-0.2, -0.15) is 0 Å². The highest BCUT2D eigenvalue weighted by Crippen LogP contribution is 2.63. The maximum atomic E-state index is 5.78. The lowest BCUT2D eigenvalue weighted by molar-refractivity contribution is 0.660. The lowest BCUT2D eigenvalue weighted by Gasteiger charge is -2.34. The van der Waals surface area contributed by atoms with Crippen molar-refractivity contribution in [2.45, 2.75) is 71.6 Å². The summed E-state index contributed by atoms with van der Waals surface area (Å²) in [6.07, 6.45) is 0. The molecule has 0 aliphatic heterocycles. The Balaban J connectivity index is 0.0000000931. The second-order valence-electron chi connectivity index (χ2n) is 37.3. The van der Waals surface area contributed by atoms with Gasteiger partial charge in [0.15, 0.2) is 0 Å². The molecule has 0 bridgehead atoms. The monoisotopic (exact) mass is 1750 g/mol. The number of aryl methyl sites for hydroxylation is 7. The maximum Gasteiger partial charge on any atom is 0.138 e. The average molecular weight is 1750 g/mol. The predicted octanol–water partition coefficient (Wildman–Crippen LogP) is 34.4. The first-order valence-corrected chi connectivity index (χ1v) is 47.5. The van der Waals surface area contributed by atoms with Crippen molar-refractivity contribution >= 4 is 87.4 Å². The lowest BCUT2D eigenvalue weighted by atomic mass is 9.67. The van der Waals surface area contributed by atoms with E-state index < -0.39 is 0 Å². The van der Waals surface area contributed by atoms with Crippen LogP contribution in [0.5, 0.6) is 0 Å². The summed E-state index contributed by atoms with van der Waals surface area (Å²) < 4.78 is 12.7. The van der Waals surface area contributed by atoms with Crippen molar-refractivity contribution in [2.24, 2.45) is 7.05 Å². The van der Waals surface area contributed by atoms with Gasteiger partial charge in [-0.05, 0) is 226 Å². The number of para-hydroxylation sites is 8. The fraction of sp³-hybridized carbons (Fsp3) is 0.0909. The van der Waals surface area contributed by atoms with Gasteiger partial charge in [0.1, 0.15) is 11.2 Å². The van der Waals surface area contributed by atoms with Gasteiger partial charge < -0.3 is 18.1 Å². The summed E-state index contributed by atoms with van der Waals surface area (Å²) in [5.41, 5.74) is 44.5. The number of hydrogen-bond acceptors (Lipinski definition) is 1. The Morgan fingerprint density at radius 3 is 1.04 bits per heavy atom. The zero-order valence-electron chi connectivity index (χ0n) is 78.3. The summed E-state index contributed by atoms with van der Waals surface area (Å²) in [6.45, 7) is 17.5. The standard InChI is InChI=1S/C26H18.C26H20.2C19H15N.C16H16.C13H11N.C13H10O/c1-17-14-15-21-20-10-4-7-13-24(20)26(25(21)16-17)22-11-5-2-8-18(22)19-9-3-6-12-23(19)26;1-19-16-17-23-22-14-8-9-15-24(22)26(25(23)18-19,20-10-4-2-5-11-20)21-12-6-3-7-13-21;1-14-11-12-19-17(13-14)16-9-5-6-10-18(16)20(19)15-7-3-2-4-8-15;1-14-11-12-17-16-9-5-6-10-18(16)20(19(17)13-14)15-7-3-2-4-8-15;1-11-8-9-15-13(10-11)12-6-4-5-7-14(12)16(15,2)3;1-14-12-8-4-2-6-10(12)11-7-3-5-9-13(11)14;1-9-5-4-7-11-10-6-2-3-8-12(10)14-13(9)11/h2-16H,1H3;2-18H,1H3;2*2-13H,1H3;4-10H,1-3H3;2-9H,1H3;2-8H,1H3. The van der Waals surface area contributed by atoms with E-state index in [2.05, 4.69) is 531 Å². The van der Waals surface area contributed by atoms with E-state index >= 15 is 0 Å². The minimum Gasteiger partial charge on any atom is -0.456 e. The van der Waals surface area contributed by atoms with Gasteiger partial charge >= 0.3 is 0 Å². The summed E-state index contributed by atoms with van der Waals surface area (Å²) >= 11 is 0. The Hall–Kier alpha value is -16.4. The minimum absolute atomic E-state index is 0.152. The predicted molar refractivity (Wildman–Crippen MR) is 575 cm³/mol. The molecule has 4 aliphatic carbocycles. The Labute approximate surface area is 796 Å². The maximum absolute atomic E-state index is 5.78. The average Bonchev–Trinajstić information content (AvgIpc) is 1.50. The van der Waals surface area contributed by atoms with Gasteiger partial charge in [-0.3, -0.25) is 0 Å². The van der Waals surface area contributed by atoms with Crippen LogP contribution in [0.25, 0.3) is 143 Å². The third kappa shape index (κ3) is 14.5. The molecule has 0 radical (unpaired) electrons. The molecule has 4 heterocycles. The highest BCUT2D eigenvalue weighted by Gasteiger charge is 2.52. The molecule has 0 amide bonds. The van der Waals surface area contributed by atoms with E-state index in [1.54, 1.807) is 0 Å². The van der Waals surface area contributed by atoms with Crippen molar-refractivity contribution in [3.8, 4) is 55.9 Å². The zero-order valence-corrected chi connectivity index (χ0v) is 78.3. The second kappa shape index (κ2) is 35.3. The number of fused-ring (bicyclic) bond motifs is 28. The van der Waals surface area contributed by atoms with Crippen LogP contribution in [0.3, 0.4) is 0 Å². The van der Waals surface area contributed by atoms with E-state index in [1.807, 2.05) is 18.2 Å². The topological polar surface area (TPSA) is 27.9 Å². The lowest BCUT2D eigenvalue weighted by Crippen LogP contribution is -2.28.